The summed E-state index contributed by atoms with van der Waals surface area (Å²) in [6, 6.07) is 11.0. The number of rotatable bonds is 2. The van der Waals surface area contributed by atoms with Gasteiger partial charge in [0.1, 0.15) is 11.3 Å². The summed E-state index contributed by atoms with van der Waals surface area (Å²) in [4.78, 5) is 14.6. The molecule has 2 atom stereocenters. The van der Waals surface area contributed by atoms with Crippen LogP contribution >= 0.6 is 0 Å². The molecule has 2 aromatic carbocycles. The van der Waals surface area contributed by atoms with Gasteiger partial charge in [-0.25, -0.2) is 9.07 Å². The fourth-order valence-electron chi connectivity index (χ4n) is 3.40. The summed E-state index contributed by atoms with van der Waals surface area (Å²) < 4.78 is 15.2. The van der Waals surface area contributed by atoms with E-state index in [1.807, 2.05) is 0 Å². The molecule has 1 saturated heterocycles. The molecule has 0 bridgehead atoms. The molecule has 6 nitrogen and oxygen atoms in total. The minimum absolute atomic E-state index is 0.200. The first-order valence-corrected chi connectivity index (χ1v) is 8.07. The van der Waals surface area contributed by atoms with Gasteiger partial charge in [-0.2, -0.15) is 0 Å². The first-order valence-electron chi connectivity index (χ1n) is 8.07. The van der Waals surface area contributed by atoms with Crippen molar-refractivity contribution >= 4 is 16.9 Å². The molecule has 1 aliphatic heterocycles. The van der Waals surface area contributed by atoms with E-state index in [2.05, 4.69) is 10.3 Å². The van der Waals surface area contributed by atoms with E-state index in [-0.39, 0.29) is 24.3 Å². The van der Waals surface area contributed by atoms with Gasteiger partial charge in [0.05, 0.1) is 17.7 Å². The SMILES string of the molecule is Cn1nnc2ccc(C(=O)N3C[C@H](O)C[C@H]3c3cccc(F)c3)cc21. The molecule has 1 aromatic heterocycles. The van der Waals surface area contributed by atoms with E-state index in [4.69, 9.17) is 0 Å². The standard InChI is InChI=1S/C18H17FN4O2/c1-22-17-8-12(5-6-15(17)20-21-22)18(25)23-10-14(24)9-16(23)11-3-2-4-13(19)7-11/h2-8,14,16,24H,9-10H2,1H3/t14-,16+/m1/s1. The second kappa shape index (κ2) is 5.93. The van der Waals surface area contributed by atoms with E-state index in [0.717, 1.165) is 5.52 Å². The van der Waals surface area contributed by atoms with Crippen molar-refractivity contribution in [2.24, 2.45) is 7.05 Å². The van der Waals surface area contributed by atoms with E-state index in [1.54, 1.807) is 47.0 Å². The van der Waals surface area contributed by atoms with Crippen molar-refractivity contribution in [3.63, 3.8) is 0 Å². The monoisotopic (exact) mass is 340 g/mol. The number of β-amino-alcohol motifs (C(OH)–C–C–N with tert-alkyl or cyclic N) is 1. The molecule has 0 aliphatic carbocycles. The molecule has 128 valence electrons. The average Bonchev–Trinajstić information content (AvgIpc) is 3.17. The fraction of sp³-hybridized carbons (Fsp3) is 0.278. The lowest BCUT2D eigenvalue weighted by molar-refractivity contribution is 0.0715. The lowest BCUT2D eigenvalue weighted by Gasteiger charge is -2.25. The number of aliphatic hydroxyl groups excluding tert-OH is 1. The minimum Gasteiger partial charge on any atom is -0.391 e. The Morgan fingerprint density at radius 2 is 2.12 bits per heavy atom. The summed E-state index contributed by atoms with van der Waals surface area (Å²) in [6.45, 7) is 0.224. The number of halogens is 1. The quantitative estimate of drug-likeness (QED) is 0.775. The molecule has 0 unspecified atom stereocenters. The zero-order valence-electron chi connectivity index (χ0n) is 13.6. The Labute approximate surface area is 143 Å². The highest BCUT2D eigenvalue weighted by atomic mass is 19.1. The number of hydrogen-bond acceptors (Lipinski definition) is 4. The number of aryl methyl sites for hydroxylation is 1. The van der Waals surface area contributed by atoms with Gasteiger partial charge in [-0.15, -0.1) is 5.10 Å². The van der Waals surface area contributed by atoms with Gasteiger partial charge in [-0.3, -0.25) is 4.79 Å². The zero-order valence-corrected chi connectivity index (χ0v) is 13.6. The Kier molecular flexibility index (Phi) is 3.73. The van der Waals surface area contributed by atoms with Gasteiger partial charge < -0.3 is 10.0 Å². The normalized spacial score (nSPS) is 20.4. The number of nitrogens with zero attached hydrogens (tertiary/aromatic N) is 4. The molecular weight excluding hydrogens is 323 g/mol. The molecule has 0 saturated carbocycles. The predicted octanol–water partition coefficient (Wildman–Crippen LogP) is 2.06. The van der Waals surface area contributed by atoms with Crippen LogP contribution in [0.5, 0.6) is 0 Å². The molecule has 7 heteroatoms. The van der Waals surface area contributed by atoms with Crippen LogP contribution in [0.15, 0.2) is 42.5 Å². The van der Waals surface area contributed by atoms with Crippen molar-refractivity contribution in [1.29, 1.82) is 0 Å². The first kappa shape index (κ1) is 15.7. The van der Waals surface area contributed by atoms with Gasteiger partial charge >= 0.3 is 0 Å². The van der Waals surface area contributed by atoms with Crippen LogP contribution in [-0.4, -0.2) is 43.6 Å². The lowest BCUT2D eigenvalue weighted by atomic mass is 10.0. The highest BCUT2D eigenvalue weighted by Crippen LogP contribution is 2.34. The van der Waals surface area contributed by atoms with Crippen LogP contribution in [0.2, 0.25) is 0 Å². The minimum atomic E-state index is -0.626. The van der Waals surface area contributed by atoms with Gasteiger partial charge in [0, 0.05) is 19.2 Å². The number of carbonyl (C=O) groups excluding carboxylic acids is 1. The van der Waals surface area contributed by atoms with Gasteiger partial charge in [0.25, 0.3) is 5.91 Å². The van der Waals surface area contributed by atoms with Crippen molar-refractivity contribution in [2.45, 2.75) is 18.6 Å². The summed E-state index contributed by atoms with van der Waals surface area (Å²) in [5, 5.41) is 18.0. The second-order valence-electron chi connectivity index (χ2n) is 6.33. The van der Waals surface area contributed by atoms with Crippen molar-refractivity contribution in [1.82, 2.24) is 19.9 Å². The van der Waals surface area contributed by atoms with Crippen LogP contribution in [0.25, 0.3) is 11.0 Å². The Hall–Kier alpha value is -2.80. The number of amides is 1. The highest BCUT2D eigenvalue weighted by Gasteiger charge is 2.36. The maximum Gasteiger partial charge on any atom is 0.254 e. The third-order valence-corrected chi connectivity index (χ3v) is 4.63. The Morgan fingerprint density at radius 1 is 1.28 bits per heavy atom. The number of fused-ring (bicyclic) bond motifs is 1. The Balaban J connectivity index is 1.70. The van der Waals surface area contributed by atoms with Gasteiger partial charge in [0.15, 0.2) is 0 Å². The Bertz CT molecular complexity index is 955. The van der Waals surface area contributed by atoms with Crippen molar-refractivity contribution < 1.29 is 14.3 Å². The average molecular weight is 340 g/mol. The van der Waals surface area contributed by atoms with E-state index in [1.165, 1.54) is 12.1 Å². The maximum absolute atomic E-state index is 13.6. The van der Waals surface area contributed by atoms with E-state index >= 15 is 0 Å². The van der Waals surface area contributed by atoms with Crippen LogP contribution in [0, 0.1) is 5.82 Å². The summed E-state index contributed by atoms with van der Waals surface area (Å²) in [6.07, 6.45) is -0.232. The van der Waals surface area contributed by atoms with Crippen LogP contribution in [0.1, 0.15) is 28.4 Å². The first-order chi connectivity index (χ1) is 12.0. The molecule has 25 heavy (non-hydrogen) atoms. The number of aromatic nitrogens is 3. The maximum atomic E-state index is 13.6. The number of carbonyl (C=O) groups is 1. The summed E-state index contributed by atoms with van der Waals surface area (Å²) in [5.74, 6) is -0.553. The molecule has 3 aromatic rings. The van der Waals surface area contributed by atoms with Crippen LogP contribution < -0.4 is 0 Å². The molecule has 1 amide bonds. The molecule has 1 fully saturated rings. The zero-order chi connectivity index (χ0) is 17.6. The van der Waals surface area contributed by atoms with Gasteiger partial charge in [0.2, 0.25) is 0 Å². The molecule has 4 rings (SSSR count). The van der Waals surface area contributed by atoms with Gasteiger partial charge in [-0.1, -0.05) is 17.3 Å². The van der Waals surface area contributed by atoms with E-state index in [9.17, 15) is 14.3 Å². The van der Waals surface area contributed by atoms with Crippen molar-refractivity contribution in [3.8, 4) is 0 Å². The highest BCUT2D eigenvalue weighted by molar-refractivity contribution is 5.97. The molecule has 0 radical (unpaired) electrons. The van der Waals surface area contributed by atoms with Gasteiger partial charge in [-0.05, 0) is 42.3 Å². The number of likely N-dealkylation sites (tertiary alicyclic amines) is 1. The molecule has 2 heterocycles. The summed E-state index contributed by atoms with van der Waals surface area (Å²) in [7, 11) is 1.76. The van der Waals surface area contributed by atoms with Crippen molar-refractivity contribution in [2.75, 3.05) is 6.54 Å². The lowest BCUT2D eigenvalue weighted by Crippen LogP contribution is -2.31. The molecular formula is C18H17FN4O2. The largest absolute Gasteiger partial charge is 0.391 e. The number of benzene rings is 2. The summed E-state index contributed by atoms with van der Waals surface area (Å²) >= 11 is 0. The third-order valence-electron chi connectivity index (χ3n) is 4.63. The topological polar surface area (TPSA) is 71.2 Å². The van der Waals surface area contributed by atoms with E-state index in [0.29, 0.717) is 23.1 Å². The predicted molar refractivity (Wildman–Crippen MR) is 89.3 cm³/mol. The van der Waals surface area contributed by atoms with E-state index < -0.39 is 6.10 Å². The van der Waals surface area contributed by atoms with Crippen LogP contribution in [0.4, 0.5) is 4.39 Å². The molecule has 1 N–H and O–H groups in total. The fourth-order valence-corrected chi connectivity index (χ4v) is 3.40. The summed E-state index contributed by atoms with van der Waals surface area (Å²) in [5.41, 5.74) is 2.65. The van der Waals surface area contributed by atoms with Crippen LogP contribution in [-0.2, 0) is 7.05 Å². The molecule has 0 spiro atoms. The number of aliphatic hydroxyl groups is 1. The van der Waals surface area contributed by atoms with Crippen LogP contribution in [0.3, 0.4) is 0 Å². The number of hydrogen-bond donors (Lipinski definition) is 1. The second-order valence-corrected chi connectivity index (χ2v) is 6.33. The third kappa shape index (κ3) is 2.76. The van der Waals surface area contributed by atoms with Crippen molar-refractivity contribution in [3.05, 3.63) is 59.4 Å². The smallest absolute Gasteiger partial charge is 0.254 e. The molecule has 1 aliphatic rings. The Morgan fingerprint density at radius 3 is 2.92 bits per heavy atom.